The van der Waals surface area contributed by atoms with Gasteiger partial charge in [-0.2, -0.15) is 11.8 Å². The molecular formula is C15H17N3S. The molecular weight excluding hydrogens is 254 g/mol. The highest BCUT2D eigenvalue weighted by atomic mass is 32.2. The van der Waals surface area contributed by atoms with Crippen LogP contribution in [0.4, 0.5) is 5.82 Å². The summed E-state index contributed by atoms with van der Waals surface area (Å²) in [4.78, 5) is 9.40. The normalized spacial score (nSPS) is 13.4. The Bertz CT molecular complexity index is 638. The molecule has 0 atom stereocenters. The zero-order valence-electron chi connectivity index (χ0n) is 11.4. The topological polar surface area (TPSA) is 37.8 Å². The van der Waals surface area contributed by atoms with Gasteiger partial charge in [0.25, 0.3) is 0 Å². The number of rotatable bonds is 2. The molecule has 98 valence electrons. The number of benzene rings is 1. The van der Waals surface area contributed by atoms with Crippen molar-refractivity contribution >= 4 is 17.6 Å². The summed E-state index contributed by atoms with van der Waals surface area (Å²) in [5.74, 6) is 3.81. The molecule has 0 saturated carbocycles. The van der Waals surface area contributed by atoms with Crippen LogP contribution in [0, 0.1) is 13.8 Å². The maximum atomic E-state index is 4.73. The van der Waals surface area contributed by atoms with Crippen LogP contribution in [0.2, 0.25) is 0 Å². The van der Waals surface area contributed by atoms with E-state index in [1.165, 1.54) is 22.4 Å². The highest BCUT2D eigenvalue weighted by molar-refractivity contribution is 7.98. The summed E-state index contributed by atoms with van der Waals surface area (Å²) < 4.78 is 0. The number of nitrogens with zero attached hydrogens (tertiary/aromatic N) is 2. The van der Waals surface area contributed by atoms with Crippen molar-refractivity contribution in [3.05, 3.63) is 40.6 Å². The molecule has 0 spiro atoms. The van der Waals surface area contributed by atoms with Crippen molar-refractivity contribution in [3.63, 3.8) is 0 Å². The second-order valence-corrected chi connectivity index (χ2v) is 5.85. The van der Waals surface area contributed by atoms with E-state index in [9.17, 15) is 0 Å². The molecule has 19 heavy (non-hydrogen) atoms. The Morgan fingerprint density at radius 3 is 2.68 bits per heavy atom. The van der Waals surface area contributed by atoms with E-state index in [2.05, 4.69) is 42.3 Å². The van der Waals surface area contributed by atoms with Crippen LogP contribution < -0.4 is 5.32 Å². The van der Waals surface area contributed by atoms with E-state index in [1.807, 2.05) is 18.8 Å². The highest BCUT2D eigenvalue weighted by Crippen LogP contribution is 2.34. The molecule has 0 aliphatic carbocycles. The summed E-state index contributed by atoms with van der Waals surface area (Å²) in [6.07, 6.45) is 0. The molecule has 1 aliphatic rings. The minimum Gasteiger partial charge on any atom is -0.373 e. The van der Waals surface area contributed by atoms with E-state index in [4.69, 9.17) is 4.98 Å². The molecule has 0 saturated heterocycles. The van der Waals surface area contributed by atoms with Gasteiger partial charge >= 0.3 is 0 Å². The Morgan fingerprint density at radius 1 is 1.11 bits per heavy atom. The average molecular weight is 271 g/mol. The van der Waals surface area contributed by atoms with Crippen LogP contribution in [0.1, 0.15) is 22.4 Å². The van der Waals surface area contributed by atoms with Crippen LogP contribution in [0.15, 0.2) is 18.2 Å². The van der Waals surface area contributed by atoms with Crippen molar-refractivity contribution in [2.45, 2.75) is 25.4 Å². The third-order valence-corrected chi connectivity index (χ3v) is 4.55. The molecule has 2 heterocycles. The monoisotopic (exact) mass is 271 g/mol. The molecule has 0 radical (unpaired) electrons. The Kier molecular flexibility index (Phi) is 3.19. The molecule has 0 amide bonds. The van der Waals surface area contributed by atoms with Gasteiger partial charge in [-0.05, 0) is 31.0 Å². The van der Waals surface area contributed by atoms with Crippen molar-refractivity contribution in [1.82, 2.24) is 9.97 Å². The average Bonchev–Trinajstić information content (AvgIpc) is 2.89. The van der Waals surface area contributed by atoms with Gasteiger partial charge < -0.3 is 5.32 Å². The highest BCUT2D eigenvalue weighted by Gasteiger charge is 2.19. The predicted molar refractivity (Wildman–Crippen MR) is 81.5 cm³/mol. The third kappa shape index (κ3) is 2.21. The Hall–Kier alpha value is -1.55. The molecule has 1 aromatic heterocycles. The lowest BCUT2D eigenvalue weighted by molar-refractivity contribution is 1.07. The van der Waals surface area contributed by atoms with Crippen LogP contribution in [0.5, 0.6) is 0 Å². The minimum absolute atomic E-state index is 0.828. The van der Waals surface area contributed by atoms with Crippen LogP contribution in [-0.2, 0) is 11.5 Å². The smallest absolute Gasteiger partial charge is 0.161 e. The fourth-order valence-corrected chi connectivity index (χ4v) is 3.31. The largest absolute Gasteiger partial charge is 0.373 e. The van der Waals surface area contributed by atoms with Gasteiger partial charge in [0.05, 0.1) is 5.69 Å². The number of aryl methyl sites for hydroxylation is 2. The fourth-order valence-electron chi connectivity index (χ4n) is 2.27. The zero-order chi connectivity index (χ0) is 13.4. The number of hydrogen-bond donors (Lipinski definition) is 1. The predicted octanol–water partition coefficient (Wildman–Crippen LogP) is 3.55. The summed E-state index contributed by atoms with van der Waals surface area (Å²) in [6.45, 7) is 4.25. The van der Waals surface area contributed by atoms with Gasteiger partial charge in [0.2, 0.25) is 0 Å². The molecule has 3 rings (SSSR count). The first-order valence-electron chi connectivity index (χ1n) is 6.42. The van der Waals surface area contributed by atoms with Crippen LogP contribution in [0.25, 0.3) is 11.4 Å². The van der Waals surface area contributed by atoms with Gasteiger partial charge in [0, 0.05) is 29.7 Å². The van der Waals surface area contributed by atoms with E-state index < -0.39 is 0 Å². The van der Waals surface area contributed by atoms with Gasteiger partial charge in [-0.1, -0.05) is 12.1 Å². The molecule has 1 aliphatic heterocycles. The lowest BCUT2D eigenvalue weighted by Gasteiger charge is -2.10. The lowest BCUT2D eigenvalue weighted by atomic mass is 10.1. The lowest BCUT2D eigenvalue weighted by Crippen LogP contribution is -2.03. The molecule has 4 heteroatoms. The standard InChI is InChI=1S/C15H17N3S/c1-9-4-5-11(6-10(9)2)14-17-13-8-19-7-12(13)15(16-3)18-14/h4-6H,7-8H2,1-3H3,(H,16,17,18). The maximum Gasteiger partial charge on any atom is 0.161 e. The van der Waals surface area contributed by atoms with Gasteiger partial charge in [0.15, 0.2) is 5.82 Å². The Morgan fingerprint density at radius 2 is 1.95 bits per heavy atom. The molecule has 1 aromatic carbocycles. The molecule has 0 unspecified atom stereocenters. The van der Waals surface area contributed by atoms with Crippen molar-refractivity contribution in [3.8, 4) is 11.4 Å². The summed E-state index contributed by atoms with van der Waals surface area (Å²) in [5.41, 5.74) is 6.12. The zero-order valence-corrected chi connectivity index (χ0v) is 12.3. The van der Waals surface area contributed by atoms with Gasteiger partial charge in [-0.25, -0.2) is 9.97 Å². The number of fused-ring (bicyclic) bond motifs is 1. The number of anilines is 1. The fraction of sp³-hybridized carbons (Fsp3) is 0.333. The van der Waals surface area contributed by atoms with Crippen LogP contribution in [-0.4, -0.2) is 17.0 Å². The van der Waals surface area contributed by atoms with E-state index in [-0.39, 0.29) is 0 Å². The first-order valence-corrected chi connectivity index (χ1v) is 7.57. The van der Waals surface area contributed by atoms with Gasteiger partial charge in [-0.3, -0.25) is 0 Å². The summed E-state index contributed by atoms with van der Waals surface area (Å²) in [5, 5.41) is 3.20. The van der Waals surface area contributed by atoms with E-state index in [0.29, 0.717) is 0 Å². The maximum absolute atomic E-state index is 4.73. The molecule has 0 fully saturated rings. The second kappa shape index (κ2) is 4.85. The van der Waals surface area contributed by atoms with E-state index in [1.54, 1.807) is 0 Å². The number of nitrogens with one attached hydrogen (secondary N) is 1. The Balaban J connectivity index is 2.12. The summed E-state index contributed by atoms with van der Waals surface area (Å²) >= 11 is 1.90. The van der Waals surface area contributed by atoms with Crippen LogP contribution >= 0.6 is 11.8 Å². The second-order valence-electron chi connectivity index (χ2n) is 4.86. The van der Waals surface area contributed by atoms with Gasteiger partial charge in [0.1, 0.15) is 5.82 Å². The first kappa shape index (κ1) is 12.5. The number of aromatic nitrogens is 2. The molecule has 1 N–H and O–H groups in total. The van der Waals surface area contributed by atoms with Crippen LogP contribution in [0.3, 0.4) is 0 Å². The third-order valence-electron chi connectivity index (χ3n) is 3.58. The van der Waals surface area contributed by atoms with Crippen molar-refractivity contribution in [2.24, 2.45) is 0 Å². The molecule has 0 bridgehead atoms. The quantitative estimate of drug-likeness (QED) is 0.906. The minimum atomic E-state index is 0.828. The van der Waals surface area contributed by atoms with Crippen molar-refractivity contribution in [1.29, 1.82) is 0 Å². The number of hydrogen-bond acceptors (Lipinski definition) is 4. The molecule has 2 aromatic rings. The first-order chi connectivity index (χ1) is 9.19. The number of thioether (sulfide) groups is 1. The van der Waals surface area contributed by atoms with Crippen molar-refractivity contribution in [2.75, 3.05) is 12.4 Å². The Labute approximate surface area is 117 Å². The summed E-state index contributed by atoms with van der Waals surface area (Å²) in [6, 6.07) is 6.40. The summed E-state index contributed by atoms with van der Waals surface area (Å²) in [7, 11) is 1.93. The molecule has 3 nitrogen and oxygen atoms in total. The van der Waals surface area contributed by atoms with Gasteiger partial charge in [-0.15, -0.1) is 0 Å². The van der Waals surface area contributed by atoms with E-state index in [0.717, 1.165) is 28.7 Å². The van der Waals surface area contributed by atoms with Crippen molar-refractivity contribution < 1.29 is 0 Å². The SMILES string of the molecule is CNc1nc(-c2ccc(C)c(C)c2)nc2c1CSC2. The van der Waals surface area contributed by atoms with E-state index >= 15 is 0 Å².